The lowest BCUT2D eigenvalue weighted by molar-refractivity contribution is 0.393. The van der Waals surface area contributed by atoms with Crippen molar-refractivity contribution < 1.29 is 4.52 Å². The highest BCUT2D eigenvalue weighted by Gasteiger charge is 2.16. The van der Waals surface area contributed by atoms with Crippen LogP contribution >= 0.6 is 11.6 Å². The molecule has 8 nitrogen and oxygen atoms in total. The van der Waals surface area contributed by atoms with Crippen molar-refractivity contribution in [3.05, 3.63) is 76.5 Å². The standard InChI is InChI=1S/C26H24ClN7O/c1-16-24(17(2)35-34-16)19-7-8-23-22(12-19)26(31-14-18-5-3-6-21(27)11-18)33-25(32-23)20(13-29)15-30-10-4-9-28/h3,5-8,11-13,15H,4,10,14,29H2,1-2H3,(H,31,32,33). The van der Waals surface area contributed by atoms with Crippen molar-refractivity contribution in [3.8, 4) is 17.2 Å². The topological polar surface area (TPSA) is 126 Å². The van der Waals surface area contributed by atoms with Gasteiger partial charge in [0.15, 0.2) is 5.82 Å². The van der Waals surface area contributed by atoms with Gasteiger partial charge in [-0.05, 0) is 49.2 Å². The molecule has 4 rings (SSSR count). The molecule has 0 aliphatic carbocycles. The van der Waals surface area contributed by atoms with Gasteiger partial charge in [0.1, 0.15) is 11.6 Å². The van der Waals surface area contributed by atoms with Crippen molar-refractivity contribution in [2.45, 2.75) is 26.8 Å². The normalized spacial score (nSPS) is 11.8. The van der Waals surface area contributed by atoms with Crippen LogP contribution in [0, 0.1) is 25.2 Å². The zero-order valence-electron chi connectivity index (χ0n) is 19.4. The van der Waals surface area contributed by atoms with Gasteiger partial charge in [-0.25, -0.2) is 9.97 Å². The van der Waals surface area contributed by atoms with Gasteiger partial charge < -0.3 is 15.6 Å². The van der Waals surface area contributed by atoms with Gasteiger partial charge >= 0.3 is 0 Å². The lowest BCUT2D eigenvalue weighted by atomic mass is 10.0. The van der Waals surface area contributed by atoms with Gasteiger partial charge in [0.25, 0.3) is 0 Å². The number of hydrogen-bond donors (Lipinski definition) is 2. The second kappa shape index (κ2) is 10.8. The van der Waals surface area contributed by atoms with Crippen molar-refractivity contribution in [1.82, 2.24) is 15.1 Å². The van der Waals surface area contributed by atoms with Crippen molar-refractivity contribution in [2.24, 2.45) is 10.7 Å². The van der Waals surface area contributed by atoms with E-state index >= 15 is 0 Å². The summed E-state index contributed by atoms with van der Waals surface area (Å²) in [5.41, 5.74) is 10.9. The van der Waals surface area contributed by atoms with E-state index in [9.17, 15) is 0 Å². The Kier molecular flexibility index (Phi) is 7.38. The van der Waals surface area contributed by atoms with Gasteiger partial charge in [0.05, 0.1) is 35.8 Å². The summed E-state index contributed by atoms with van der Waals surface area (Å²) in [6.45, 7) is 4.70. The highest BCUT2D eigenvalue weighted by molar-refractivity contribution is 6.30. The number of aromatic nitrogens is 3. The molecule has 2 aromatic heterocycles. The summed E-state index contributed by atoms with van der Waals surface area (Å²) in [4.78, 5) is 13.8. The molecule has 0 spiro atoms. The number of benzene rings is 2. The summed E-state index contributed by atoms with van der Waals surface area (Å²) < 4.78 is 5.36. The highest BCUT2D eigenvalue weighted by Crippen LogP contribution is 2.32. The summed E-state index contributed by atoms with van der Waals surface area (Å²) >= 11 is 6.16. The molecule has 0 saturated heterocycles. The monoisotopic (exact) mass is 485 g/mol. The minimum absolute atomic E-state index is 0.323. The Morgan fingerprint density at radius 1 is 1.23 bits per heavy atom. The van der Waals surface area contributed by atoms with Gasteiger partial charge in [-0.2, -0.15) is 5.26 Å². The Balaban J connectivity index is 1.79. The SMILES string of the molecule is Cc1noc(C)c1-c1ccc2nc(C(C=NCCC#N)=CN)nc(NCc3cccc(Cl)c3)c2c1. The number of aliphatic imine (C=N–C) groups is 1. The van der Waals surface area contributed by atoms with Crippen LogP contribution in [-0.2, 0) is 6.54 Å². The average Bonchev–Trinajstić information content (AvgIpc) is 3.20. The van der Waals surface area contributed by atoms with Crippen LogP contribution in [0.15, 0.2) is 58.2 Å². The van der Waals surface area contributed by atoms with E-state index < -0.39 is 0 Å². The molecule has 2 aromatic carbocycles. The smallest absolute Gasteiger partial charge is 0.165 e. The van der Waals surface area contributed by atoms with E-state index in [-0.39, 0.29) is 0 Å². The van der Waals surface area contributed by atoms with E-state index in [1.807, 2.05) is 56.3 Å². The minimum atomic E-state index is 0.323. The van der Waals surface area contributed by atoms with Crippen LogP contribution in [0.2, 0.25) is 5.02 Å². The Labute approximate surface area is 208 Å². The molecule has 0 amide bonds. The van der Waals surface area contributed by atoms with E-state index in [4.69, 9.17) is 37.1 Å². The first-order valence-electron chi connectivity index (χ1n) is 11.0. The molecule has 35 heavy (non-hydrogen) atoms. The maximum atomic E-state index is 8.74. The van der Waals surface area contributed by atoms with Crippen LogP contribution in [0.25, 0.3) is 27.6 Å². The Bertz CT molecular complexity index is 1450. The molecule has 4 aromatic rings. The first-order chi connectivity index (χ1) is 17.0. The average molecular weight is 486 g/mol. The second-order valence-electron chi connectivity index (χ2n) is 7.88. The van der Waals surface area contributed by atoms with Crippen molar-refractivity contribution in [3.63, 3.8) is 0 Å². The molecule has 0 fully saturated rings. The molecule has 0 unspecified atom stereocenters. The fourth-order valence-corrected chi connectivity index (χ4v) is 3.94. The molecule has 0 bridgehead atoms. The van der Waals surface area contributed by atoms with Crippen LogP contribution in [0.5, 0.6) is 0 Å². The Hall–Kier alpha value is -4.22. The Morgan fingerprint density at radius 3 is 2.80 bits per heavy atom. The largest absolute Gasteiger partial charge is 0.404 e. The predicted molar refractivity (Wildman–Crippen MR) is 139 cm³/mol. The van der Waals surface area contributed by atoms with E-state index in [2.05, 4.69) is 21.5 Å². The number of nitrogens with one attached hydrogen (secondary N) is 1. The number of fused-ring (bicyclic) bond motifs is 1. The number of hydrogen-bond acceptors (Lipinski definition) is 8. The molecule has 9 heteroatoms. The van der Waals surface area contributed by atoms with Crippen LogP contribution in [0.3, 0.4) is 0 Å². The molecule has 176 valence electrons. The fraction of sp³-hybridized carbons (Fsp3) is 0.192. The number of allylic oxidation sites excluding steroid dienone is 1. The van der Waals surface area contributed by atoms with Crippen LogP contribution < -0.4 is 11.1 Å². The maximum Gasteiger partial charge on any atom is 0.165 e. The third-order valence-electron chi connectivity index (χ3n) is 5.39. The van der Waals surface area contributed by atoms with Gasteiger partial charge in [-0.1, -0.05) is 35.0 Å². The molecule has 0 saturated carbocycles. The summed E-state index contributed by atoms with van der Waals surface area (Å²) in [7, 11) is 0. The van der Waals surface area contributed by atoms with E-state index in [0.717, 1.165) is 39.0 Å². The minimum Gasteiger partial charge on any atom is -0.404 e. The predicted octanol–water partition coefficient (Wildman–Crippen LogP) is 5.45. The van der Waals surface area contributed by atoms with Gasteiger partial charge in [-0.3, -0.25) is 4.99 Å². The Morgan fingerprint density at radius 2 is 2.09 bits per heavy atom. The molecule has 0 atom stereocenters. The molecule has 0 aliphatic rings. The summed E-state index contributed by atoms with van der Waals surface area (Å²) in [5, 5.41) is 17.8. The van der Waals surface area contributed by atoms with Crippen LogP contribution in [-0.4, -0.2) is 27.9 Å². The molecular formula is C26H24ClN7O. The third kappa shape index (κ3) is 5.48. The first kappa shape index (κ1) is 23.9. The number of rotatable bonds is 8. The molecular weight excluding hydrogens is 462 g/mol. The zero-order valence-corrected chi connectivity index (χ0v) is 20.2. The fourth-order valence-electron chi connectivity index (χ4n) is 3.73. The van der Waals surface area contributed by atoms with Gasteiger partial charge in [0.2, 0.25) is 0 Å². The number of nitrogens with two attached hydrogens (primary N) is 1. The van der Waals surface area contributed by atoms with Gasteiger partial charge in [-0.15, -0.1) is 0 Å². The molecule has 0 aliphatic heterocycles. The lowest BCUT2D eigenvalue weighted by Gasteiger charge is -2.13. The third-order valence-corrected chi connectivity index (χ3v) is 5.62. The van der Waals surface area contributed by atoms with Crippen molar-refractivity contribution >= 4 is 40.1 Å². The lowest BCUT2D eigenvalue weighted by Crippen LogP contribution is -2.07. The quantitative estimate of drug-likeness (QED) is 0.251. The maximum absolute atomic E-state index is 8.74. The van der Waals surface area contributed by atoms with Crippen LogP contribution in [0.1, 0.15) is 29.3 Å². The van der Waals surface area contributed by atoms with E-state index in [1.54, 1.807) is 6.21 Å². The number of halogens is 1. The highest BCUT2D eigenvalue weighted by atomic mass is 35.5. The number of aryl methyl sites for hydroxylation is 2. The number of anilines is 1. The summed E-state index contributed by atoms with van der Waals surface area (Å²) in [5.74, 6) is 1.82. The summed E-state index contributed by atoms with van der Waals surface area (Å²) in [6.07, 6.45) is 3.33. The molecule has 0 radical (unpaired) electrons. The molecule has 3 N–H and O–H groups in total. The van der Waals surface area contributed by atoms with Crippen molar-refractivity contribution in [1.29, 1.82) is 5.26 Å². The van der Waals surface area contributed by atoms with Gasteiger partial charge in [0, 0.05) is 34.9 Å². The van der Waals surface area contributed by atoms with Crippen molar-refractivity contribution in [2.75, 3.05) is 11.9 Å². The second-order valence-corrected chi connectivity index (χ2v) is 8.31. The number of nitriles is 1. The van der Waals surface area contributed by atoms with Crippen LogP contribution in [0.4, 0.5) is 5.82 Å². The van der Waals surface area contributed by atoms with E-state index in [1.165, 1.54) is 6.20 Å². The summed E-state index contributed by atoms with van der Waals surface area (Å²) in [6, 6.07) is 15.7. The number of nitrogens with zero attached hydrogens (tertiary/aromatic N) is 5. The first-order valence-corrected chi connectivity index (χ1v) is 11.4. The van der Waals surface area contributed by atoms with E-state index in [0.29, 0.717) is 41.7 Å². The zero-order chi connectivity index (χ0) is 24.8. The molecule has 2 heterocycles.